The quantitative estimate of drug-likeness (QED) is 0.784. The first kappa shape index (κ1) is 13.2. The predicted molar refractivity (Wildman–Crippen MR) is 80.2 cm³/mol. The molecule has 0 unspecified atom stereocenters. The van der Waals surface area contributed by atoms with Gasteiger partial charge in [0.2, 0.25) is 0 Å². The van der Waals surface area contributed by atoms with E-state index in [4.69, 9.17) is 11.6 Å². The van der Waals surface area contributed by atoms with Crippen molar-refractivity contribution >= 4 is 45.8 Å². The second kappa shape index (κ2) is 5.58. The van der Waals surface area contributed by atoms with Crippen molar-refractivity contribution in [1.29, 1.82) is 0 Å². The Morgan fingerprint density at radius 2 is 1.94 bits per heavy atom. The number of carbonyl (C=O) groups is 1. The second-order valence-electron chi connectivity index (χ2n) is 3.60. The minimum atomic E-state index is -0.347. The summed E-state index contributed by atoms with van der Waals surface area (Å²) in [6, 6.07) is 11.7. The molecule has 92 valence electrons. The zero-order valence-corrected chi connectivity index (χ0v) is 12.1. The second-order valence-corrected chi connectivity index (χ2v) is 5.17. The van der Waals surface area contributed by atoms with Gasteiger partial charge >= 0.3 is 0 Å². The molecule has 0 aliphatic heterocycles. The summed E-state index contributed by atoms with van der Waals surface area (Å²) in [4.78, 5) is 12.0. The molecule has 0 heterocycles. The van der Waals surface area contributed by atoms with Gasteiger partial charge in [-0.05, 0) is 52.9 Å². The number of amides is 1. The molecule has 0 fully saturated rings. The van der Waals surface area contributed by atoms with E-state index in [1.165, 1.54) is 18.2 Å². The van der Waals surface area contributed by atoms with Crippen LogP contribution in [0.4, 0.5) is 5.69 Å². The average molecular weight is 374 g/mol. The molecule has 0 spiro atoms. The Morgan fingerprint density at radius 3 is 2.67 bits per heavy atom. The average Bonchev–Trinajstić information content (AvgIpc) is 2.35. The molecule has 0 bridgehead atoms. The van der Waals surface area contributed by atoms with Crippen LogP contribution in [0.5, 0.6) is 5.75 Å². The number of anilines is 1. The Kier molecular flexibility index (Phi) is 4.08. The zero-order valence-electron chi connectivity index (χ0n) is 9.15. The summed E-state index contributed by atoms with van der Waals surface area (Å²) in [7, 11) is 0. The highest BCUT2D eigenvalue weighted by Crippen LogP contribution is 2.23. The Bertz CT molecular complexity index is 601. The molecule has 0 radical (unpaired) electrons. The molecule has 5 heteroatoms. The third kappa shape index (κ3) is 2.94. The van der Waals surface area contributed by atoms with Crippen molar-refractivity contribution in [2.45, 2.75) is 0 Å². The van der Waals surface area contributed by atoms with Crippen LogP contribution in [0.2, 0.25) is 5.02 Å². The van der Waals surface area contributed by atoms with Crippen LogP contribution in [-0.4, -0.2) is 11.0 Å². The number of nitrogens with one attached hydrogen (secondary N) is 1. The molecule has 0 aliphatic carbocycles. The fourth-order valence-electron chi connectivity index (χ4n) is 1.44. The van der Waals surface area contributed by atoms with Crippen molar-refractivity contribution in [3.63, 3.8) is 0 Å². The number of halogens is 2. The number of benzene rings is 2. The van der Waals surface area contributed by atoms with Gasteiger partial charge in [-0.15, -0.1) is 0 Å². The molecule has 0 aliphatic rings. The summed E-state index contributed by atoms with van der Waals surface area (Å²) in [5.41, 5.74) is 0.957. The van der Waals surface area contributed by atoms with Gasteiger partial charge in [-0.1, -0.05) is 23.7 Å². The smallest absolute Gasteiger partial charge is 0.257 e. The van der Waals surface area contributed by atoms with Gasteiger partial charge in [0.05, 0.1) is 16.3 Å². The summed E-state index contributed by atoms with van der Waals surface area (Å²) in [5, 5.41) is 12.4. The van der Waals surface area contributed by atoms with Gasteiger partial charge in [-0.2, -0.15) is 0 Å². The Labute approximate surface area is 123 Å². The molecule has 2 aromatic carbocycles. The number of carbonyl (C=O) groups excluding carboxylic acids is 1. The summed E-state index contributed by atoms with van der Waals surface area (Å²) in [5.74, 6) is -0.340. The van der Waals surface area contributed by atoms with Crippen LogP contribution in [0.25, 0.3) is 0 Å². The van der Waals surface area contributed by atoms with Crippen LogP contribution in [0.15, 0.2) is 42.5 Å². The van der Waals surface area contributed by atoms with E-state index < -0.39 is 0 Å². The lowest BCUT2D eigenvalue weighted by molar-refractivity contribution is 0.102. The van der Waals surface area contributed by atoms with Crippen molar-refractivity contribution in [3.8, 4) is 5.75 Å². The zero-order chi connectivity index (χ0) is 13.1. The first-order chi connectivity index (χ1) is 8.58. The molecule has 3 nitrogen and oxygen atoms in total. The Hall–Kier alpha value is -1.27. The van der Waals surface area contributed by atoms with Crippen molar-refractivity contribution in [3.05, 3.63) is 56.6 Å². The number of hydrogen-bond donors (Lipinski definition) is 2. The molecule has 18 heavy (non-hydrogen) atoms. The van der Waals surface area contributed by atoms with Crippen molar-refractivity contribution in [2.75, 3.05) is 5.32 Å². The van der Waals surface area contributed by atoms with Crippen molar-refractivity contribution < 1.29 is 9.90 Å². The molecule has 0 aromatic heterocycles. The summed E-state index contributed by atoms with van der Waals surface area (Å²) >= 11 is 8.05. The van der Waals surface area contributed by atoms with Crippen LogP contribution >= 0.6 is 34.2 Å². The molecule has 2 N–H and O–H groups in total. The number of aromatic hydroxyl groups is 1. The van der Waals surface area contributed by atoms with E-state index in [1.807, 2.05) is 18.2 Å². The van der Waals surface area contributed by atoms with E-state index in [0.29, 0.717) is 10.7 Å². The lowest BCUT2D eigenvalue weighted by atomic mass is 10.2. The van der Waals surface area contributed by atoms with Gasteiger partial charge in [0.25, 0.3) is 5.91 Å². The molecule has 0 saturated heterocycles. The topological polar surface area (TPSA) is 49.3 Å². The fourth-order valence-corrected chi connectivity index (χ4v) is 2.17. The maximum absolute atomic E-state index is 12.0. The van der Waals surface area contributed by atoms with Gasteiger partial charge in [-0.3, -0.25) is 4.79 Å². The van der Waals surface area contributed by atoms with Crippen LogP contribution < -0.4 is 5.32 Å². The van der Waals surface area contributed by atoms with Crippen LogP contribution in [-0.2, 0) is 0 Å². The summed E-state index contributed by atoms with van der Waals surface area (Å²) in [6.07, 6.45) is 0. The highest BCUT2D eigenvalue weighted by molar-refractivity contribution is 14.1. The van der Waals surface area contributed by atoms with E-state index in [9.17, 15) is 9.90 Å². The molecule has 1 amide bonds. The van der Waals surface area contributed by atoms with Crippen molar-refractivity contribution in [2.24, 2.45) is 0 Å². The molecule has 0 saturated carbocycles. The standard InChI is InChI=1S/C13H9ClINO2/c14-10-6-5-8(17)7-9(10)13(18)16-12-4-2-1-3-11(12)15/h1-7,17H,(H,16,18). The van der Waals surface area contributed by atoms with E-state index in [1.54, 1.807) is 6.07 Å². The maximum Gasteiger partial charge on any atom is 0.257 e. The minimum Gasteiger partial charge on any atom is -0.508 e. The Morgan fingerprint density at radius 1 is 1.22 bits per heavy atom. The SMILES string of the molecule is O=C(Nc1ccccc1I)c1cc(O)ccc1Cl. The van der Waals surface area contributed by atoms with E-state index in [0.717, 1.165) is 3.57 Å². The fraction of sp³-hybridized carbons (Fsp3) is 0. The summed E-state index contributed by atoms with van der Waals surface area (Å²) in [6.45, 7) is 0. The third-order valence-electron chi connectivity index (χ3n) is 2.32. The minimum absolute atomic E-state index is 0.00677. The Balaban J connectivity index is 2.28. The number of phenolic OH excluding ortho intramolecular Hbond substituents is 1. The van der Waals surface area contributed by atoms with E-state index >= 15 is 0 Å². The van der Waals surface area contributed by atoms with Crippen LogP contribution in [0.1, 0.15) is 10.4 Å². The lowest BCUT2D eigenvalue weighted by Gasteiger charge is -2.08. The highest BCUT2D eigenvalue weighted by Gasteiger charge is 2.12. The normalized spacial score (nSPS) is 10.1. The first-order valence-electron chi connectivity index (χ1n) is 5.12. The van der Waals surface area contributed by atoms with Gasteiger partial charge in [-0.25, -0.2) is 0 Å². The van der Waals surface area contributed by atoms with Gasteiger partial charge in [0.1, 0.15) is 5.75 Å². The first-order valence-corrected chi connectivity index (χ1v) is 6.58. The molecular formula is C13H9ClINO2. The number of hydrogen-bond acceptors (Lipinski definition) is 2. The molecular weight excluding hydrogens is 365 g/mol. The van der Waals surface area contributed by atoms with Gasteiger partial charge in [0.15, 0.2) is 0 Å². The van der Waals surface area contributed by atoms with Crippen LogP contribution in [0, 0.1) is 3.57 Å². The predicted octanol–water partition coefficient (Wildman–Crippen LogP) is 3.90. The number of rotatable bonds is 2. The van der Waals surface area contributed by atoms with Crippen LogP contribution in [0.3, 0.4) is 0 Å². The highest BCUT2D eigenvalue weighted by atomic mass is 127. The third-order valence-corrected chi connectivity index (χ3v) is 3.59. The maximum atomic E-state index is 12.0. The van der Waals surface area contributed by atoms with Gasteiger partial charge < -0.3 is 10.4 Å². The van der Waals surface area contributed by atoms with Gasteiger partial charge in [0, 0.05) is 3.57 Å². The number of phenols is 1. The largest absolute Gasteiger partial charge is 0.508 e. The number of para-hydroxylation sites is 1. The molecule has 0 atom stereocenters. The van der Waals surface area contributed by atoms with Crippen molar-refractivity contribution in [1.82, 2.24) is 0 Å². The molecule has 2 aromatic rings. The lowest BCUT2D eigenvalue weighted by Crippen LogP contribution is -2.13. The summed E-state index contributed by atoms with van der Waals surface area (Å²) < 4.78 is 0.930. The van der Waals surface area contributed by atoms with E-state index in [2.05, 4.69) is 27.9 Å². The molecule has 2 rings (SSSR count). The van der Waals surface area contributed by atoms with E-state index in [-0.39, 0.29) is 17.2 Å². The monoisotopic (exact) mass is 373 g/mol.